The first-order chi connectivity index (χ1) is 13.2. The van der Waals surface area contributed by atoms with Crippen molar-refractivity contribution < 1.29 is 9.53 Å². The van der Waals surface area contributed by atoms with Gasteiger partial charge in [0.1, 0.15) is 5.75 Å². The average molecular weight is 360 g/mol. The Morgan fingerprint density at radius 2 is 1.70 bits per heavy atom. The molecule has 3 aromatic carbocycles. The Morgan fingerprint density at radius 1 is 0.963 bits per heavy atom. The van der Waals surface area contributed by atoms with Crippen LogP contribution in [0.1, 0.15) is 11.6 Å². The standard InChI is InChI=1S/C23H24N2O2/c1-24-13-14-25(22(16-24)19-8-3-2-4-9-19)23(26)17-27-21-12-11-18-7-5-6-10-20(18)15-21/h2-12,15,22H,13-14,16-17H2,1H3. The van der Waals surface area contributed by atoms with E-state index in [1.54, 1.807) is 0 Å². The molecule has 1 saturated heterocycles. The van der Waals surface area contributed by atoms with Gasteiger partial charge in [-0.1, -0.05) is 60.7 Å². The highest BCUT2D eigenvalue weighted by atomic mass is 16.5. The Morgan fingerprint density at radius 3 is 2.52 bits per heavy atom. The van der Waals surface area contributed by atoms with Gasteiger partial charge in [-0.3, -0.25) is 4.79 Å². The summed E-state index contributed by atoms with van der Waals surface area (Å²) in [7, 11) is 2.10. The van der Waals surface area contributed by atoms with Gasteiger partial charge in [0.05, 0.1) is 6.04 Å². The third kappa shape index (κ3) is 3.96. The summed E-state index contributed by atoms with van der Waals surface area (Å²) in [4.78, 5) is 17.1. The predicted molar refractivity (Wildman–Crippen MR) is 108 cm³/mol. The fourth-order valence-corrected chi connectivity index (χ4v) is 3.66. The number of nitrogens with zero attached hydrogens (tertiary/aromatic N) is 2. The normalized spacial score (nSPS) is 17.8. The molecule has 4 rings (SSSR count). The molecule has 1 fully saturated rings. The third-order valence-electron chi connectivity index (χ3n) is 5.17. The molecule has 4 nitrogen and oxygen atoms in total. The molecule has 138 valence electrons. The Bertz CT molecular complexity index is 926. The Balaban J connectivity index is 1.47. The Hall–Kier alpha value is -2.85. The van der Waals surface area contributed by atoms with Gasteiger partial charge in [0.25, 0.3) is 5.91 Å². The first kappa shape index (κ1) is 17.6. The minimum absolute atomic E-state index is 0.0325. The largest absolute Gasteiger partial charge is 0.484 e. The van der Waals surface area contributed by atoms with Crippen molar-refractivity contribution >= 4 is 16.7 Å². The van der Waals surface area contributed by atoms with Crippen molar-refractivity contribution in [1.29, 1.82) is 0 Å². The summed E-state index contributed by atoms with van der Waals surface area (Å²) in [6.45, 7) is 2.50. The highest BCUT2D eigenvalue weighted by Crippen LogP contribution is 2.25. The van der Waals surface area contributed by atoms with Crippen LogP contribution >= 0.6 is 0 Å². The number of fused-ring (bicyclic) bond motifs is 1. The van der Waals surface area contributed by atoms with Crippen molar-refractivity contribution in [2.45, 2.75) is 6.04 Å². The molecule has 0 aromatic heterocycles. The number of carbonyl (C=O) groups excluding carboxylic acids is 1. The van der Waals surface area contributed by atoms with Gasteiger partial charge in [-0.15, -0.1) is 0 Å². The zero-order chi connectivity index (χ0) is 18.6. The maximum absolute atomic E-state index is 12.9. The quantitative estimate of drug-likeness (QED) is 0.711. The van der Waals surface area contributed by atoms with Crippen molar-refractivity contribution in [3.05, 3.63) is 78.4 Å². The van der Waals surface area contributed by atoms with Crippen LogP contribution in [-0.4, -0.2) is 49.0 Å². The van der Waals surface area contributed by atoms with E-state index in [0.29, 0.717) is 0 Å². The molecule has 0 N–H and O–H groups in total. The van der Waals surface area contributed by atoms with E-state index in [1.807, 2.05) is 53.4 Å². The van der Waals surface area contributed by atoms with Gasteiger partial charge >= 0.3 is 0 Å². The maximum atomic E-state index is 12.9. The van der Waals surface area contributed by atoms with E-state index < -0.39 is 0 Å². The SMILES string of the molecule is CN1CCN(C(=O)COc2ccc3ccccc3c2)C(c2ccccc2)C1. The van der Waals surface area contributed by atoms with Crippen LogP contribution < -0.4 is 4.74 Å². The molecule has 1 aliphatic rings. The Kier molecular flexibility index (Phi) is 5.07. The molecular formula is C23H24N2O2. The van der Waals surface area contributed by atoms with Crippen molar-refractivity contribution in [3.63, 3.8) is 0 Å². The van der Waals surface area contributed by atoms with Gasteiger partial charge < -0.3 is 14.5 Å². The van der Waals surface area contributed by atoms with Crippen LogP contribution in [0.5, 0.6) is 5.75 Å². The molecule has 27 heavy (non-hydrogen) atoms. The number of ether oxygens (including phenoxy) is 1. The van der Waals surface area contributed by atoms with Gasteiger partial charge in [-0.25, -0.2) is 0 Å². The second-order valence-corrected chi connectivity index (χ2v) is 7.07. The van der Waals surface area contributed by atoms with E-state index in [9.17, 15) is 4.79 Å². The van der Waals surface area contributed by atoms with E-state index >= 15 is 0 Å². The molecule has 1 unspecified atom stereocenters. The number of hydrogen-bond donors (Lipinski definition) is 0. The molecule has 1 heterocycles. The van der Waals surface area contributed by atoms with Crippen LogP contribution in [0, 0.1) is 0 Å². The fraction of sp³-hybridized carbons (Fsp3) is 0.261. The summed E-state index contributed by atoms with van der Waals surface area (Å²) in [5.41, 5.74) is 1.17. The van der Waals surface area contributed by atoms with E-state index in [1.165, 1.54) is 10.9 Å². The monoisotopic (exact) mass is 360 g/mol. The summed E-state index contributed by atoms with van der Waals surface area (Å²) >= 11 is 0. The van der Waals surface area contributed by atoms with Gasteiger partial charge in [0.2, 0.25) is 0 Å². The van der Waals surface area contributed by atoms with Crippen LogP contribution in [0.25, 0.3) is 10.8 Å². The number of piperazine rings is 1. The summed E-state index contributed by atoms with van der Waals surface area (Å²) in [5, 5.41) is 2.28. The lowest BCUT2D eigenvalue weighted by atomic mass is 10.0. The molecule has 0 bridgehead atoms. The molecule has 1 atom stereocenters. The fourth-order valence-electron chi connectivity index (χ4n) is 3.66. The molecular weight excluding hydrogens is 336 g/mol. The minimum Gasteiger partial charge on any atom is -0.484 e. The number of carbonyl (C=O) groups is 1. The van der Waals surface area contributed by atoms with Gasteiger partial charge in [0, 0.05) is 19.6 Å². The lowest BCUT2D eigenvalue weighted by Gasteiger charge is -2.40. The van der Waals surface area contributed by atoms with E-state index in [-0.39, 0.29) is 18.6 Å². The molecule has 0 radical (unpaired) electrons. The smallest absolute Gasteiger partial charge is 0.261 e. The molecule has 1 aliphatic heterocycles. The summed E-state index contributed by atoms with van der Waals surface area (Å²) in [6.07, 6.45) is 0. The molecule has 0 saturated carbocycles. The molecule has 1 amide bonds. The van der Waals surface area contributed by atoms with E-state index in [2.05, 4.69) is 36.2 Å². The molecule has 0 spiro atoms. The van der Waals surface area contributed by atoms with Crippen LogP contribution in [0.3, 0.4) is 0 Å². The predicted octanol–water partition coefficient (Wildman–Crippen LogP) is 3.73. The van der Waals surface area contributed by atoms with Crippen LogP contribution in [0.15, 0.2) is 72.8 Å². The van der Waals surface area contributed by atoms with E-state index in [4.69, 9.17) is 4.74 Å². The van der Waals surface area contributed by atoms with E-state index in [0.717, 1.165) is 30.8 Å². The van der Waals surface area contributed by atoms with Crippen molar-refractivity contribution in [1.82, 2.24) is 9.80 Å². The number of likely N-dealkylation sites (N-methyl/N-ethyl adjacent to an activating group) is 1. The number of rotatable bonds is 4. The average Bonchev–Trinajstić information content (AvgIpc) is 2.72. The summed E-state index contributed by atoms with van der Waals surface area (Å²) in [6, 6.07) is 24.4. The molecule has 3 aromatic rings. The van der Waals surface area contributed by atoms with Crippen molar-refractivity contribution in [2.24, 2.45) is 0 Å². The van der Waals surface area contributed by atoms with Crippen LogP contribution in [0.4, 0.5) is 0 Å². The lowest BCUT2D eigenvalue weighted by molar-refractivity contribution is -0.138. The highest BCUT2D eigenvalue weighted by molar-refractivity contribution is 5.84. The topological polar surface area (TPSA) is 32.8 Å². The Labute approximate surface area is 160 Å². The maximum Gasteiger partial charge on any atom is 0.261 e. The first-order valence-electron chi connectivity index (χ1n) is 9.35. The number of benzene rings is 3. The van der Waals surface area contributed by atoms with Crippen LogP contribution in [-0.2, 0) is 4.79 Å². The number of amides is 1. The summed E-state index contributed by atoms with van der Waals surface area (Å²) in [5.74, 6) is 0.762. The van der Waals surface area contributed by atoms with Crippen molar-refractivity contribution in [2.75, 3.05) is 33.3 Å². The van der Waals surface area contributed by atoms with Gasteiger partial charge in [0.15, 0.2) is 6.61 Å². The second-order valence-electron chi connectivity index (χ2n) is 7.07. The highest BCUT2D eigenvalue weighted by Gasteiger charge is 2.30. The second kappa shape index (κ2) is 7.80. The van der Waals surface area contributed by atoms with Gasteiger partial charge in [-0.05, 0) is 35.5 Å². The first-order valence-corrected chi connectivity index (χ1v) is 9.35. The molecule has 0 aliphatic carbocycles. The minimum atomic E-state index is 0.0325. The zero-order valence-corrected chi connectivity index (χ0v) is 15.5. The van der Waals surface area contributed by atoms with Crippen LogP contribution in [0.2, 0.25) is 0 Å². The third-order valence-corrected chi connectivity index (χ3v) is 5.17. The zero-order valence-electron chi connectivity index (χ0n) is 15.5. The van der Waals surface area contributed by atoms with Crippen molar-refractivity contribution in [3.8, 4) is 5.75 Å². The van der Waals surface area contributed by atoms with Gasteiger partial charge in [-0.2, -0.15) is 0 Å². The number of hydrogen-bond acceptors (Lipinski definition) is 3. The molecule has 4 heteroatoms. The lowest BCUT2D eigenvalue weighted by Crippen LogP contribution is -2.50. The summed E-state index contributed by atoms with van der Waals surface area (Å²) < 4.78 is 5.84.